The van der Waals surface area contributed by atoms with E-state index in [2.05, 4.69) is 0 Å². The van der Waals surface area contributed by atoms with Crippen molar-refractivity contribution in [2.24, 2.45) is 5.73 Å². The van der Waals surface area contributed by atoms with Gasteiger partial charge in [0.1, 0.15) is 0 Å². The molecule has 1 atom stereocenters. The van der Waals surface area contributed by atoms with Crippen LogP contribution in [0.15, 0.2) is 12.2 Å². The number of allylic oxidation sites excluding steroid dienone is 1. The Morgan fingerprint density at radius 2 is 2.17 bits per heavy atom. The molecule has 0 saturated heterocycles. The van der Waals surface area contributed by atoms with Crippen molar-refractivity contribution in [2.45, 2.75) is 19.9 Å². The van der Waals surface area contributed by atoms with Gasteiger partial charge in [0.25, 0.3) is 0 Å². The van der Waals surface area contributed by atoms with Crippen LogP contribution in [0.25, 0.3) is 0 Å². The van der Waals surface area contributed by atoms with Gasteiger partial charge >= 0.3 is 0 Å². The van der Waals surface area contributed by atoms with Crippen LogP contribution < -0.4 is 5.73 Å². The highest BCUT2D eigenvalue weighted by Crippen LogP contribution is 1.74. The molecule has 0 aromatic heterocycles. The van der Waals surface area contributed by atoms with E-state index in [0.717, 1.165) is 0 Å². The molecule has 0 aliphatic carbocycles. The molecule has 36 valence electrons. The van der Waals surface area contributed by atoms with Crippen molar-refractivity contribution in [2.75, 3.05) is 0 Å². The summed E-state index contributed by atoms with van der Waals surface area (Å²) in [5.41, 5.74) is 5.32. The van der Waals surface area contributed by atoms with Crippen LogP contribution in [0.4, 0.5) is 0 Å². The standard InChI is InChI=1S/C5H11N/c1-3-4-5(2)6/h3-5H,6H2,1-2H3. The van der Waals surface area contributed by atoms with Crippen molar-refractivity contribution in [3.8, 4) is 0 Å². The molecule has 0 aromatic carbocycles. The minimum atomic E-state index is 0.218. The molecule has 0 saturated carbocycles. The van der Waals surface area contributed by atoms with E-state index in [0.29, 0.717) is 0 Å². The SMILES string of the molecule is CC=CC(C)N. The van der Waals surface area contributed by atoms with Gasteiger partial charge in [0.05, 0.1) is 0 Å². The van der Waals surface area contributed by atoms with Crippen molar-refractivity contribution in [1.29, 1.82) is 0 Å². The third-order valence-electron chi connectivity index (χ3n) is 0.496. The van der Waals surface area contributed by atoms with Gasteiger partial charge in [0, 0.05) is 6.04 Å². The normalized spacial score (nSPS) is 15.8. The molecule has 0 fully saturated rings. The summed E-state index contributed by atoms with van der Waals surface area (Å²) < 4.78 is 0. The summed E-state index contributed by atoms with van der Waals surface area (Å²) in [4.78, 5) is 0. The van der Waals surface area contributed by atoms with E-state index in [9.17, 15) is 0 Å². The summed E-state index contributed by atoms with van der Waals surface area (Å²) in [7, 11) is 0. The molecule has 2 N–H and O–H groups in total. The number of rotatable bonds is 1. The lowest BCUT2D eigenvalue weighted by atomic mass is 10.3. The Labute approximate surface area is 38.8 Å². The van der Waals surface area contributed by atoms with Crippen LogP contribution in [0.1, 0.15) is 13.8 Å². The molecular weight excluding hydrogens is 74.1 g/mol. The smallest absolute Gasteiger partial charge is 0.0194 e. The fourth-order valence-corrected chi connectivity index (χ4v) is 0.304. The first kappa shape index (κ1) is 5.70. The van der Waals surface area contributed by atoms with Gasteiger partial charge in [0.2, 0.25) is 0 Å². The zero-order valence-electron chi connectivity index (χ0n) is 4.31. The van der Waals surface area contributed by atoms with Crippen LogP contribution in [0.3, 0.4) is 0 Å². The van der Waals surface area contributed by atoms with Gasteiger partial charge in [-0.3, -0.25) is 0 Å². The zero-order valence-corrected chi connectivity index (χ0v) is 4.31. The Hall–Kier alpha value is -0.300. The second kappa shape index (κ2) is 2.91. The third-order valence-corrected chi connectivity index (χ3v) is 0.496. The van der Waals surface area contributed by atoms with Crippen molar-refractivity contribution >= 4 is 0 Å². The van der Waals surface area contributed by atoms with E-state index >= 15 is 0 Å². The first-order valence-corrected chi connectivity index (χ1v) is 2.15. The van der Waals surface area contributed by atoms with Gasteiger partial charge in [-0.1, -0.05) is 12.2 Å². The van der Waals surface area contributed by atoms with Gasteiger partial charge in [-0.05, 0) is 13.8 Å². The summed E-state index contributed by atoms with van der Waals surface area (Å²) in [6.45, 7) is 3.91. The Balaban J connectivity index is 3.03. The second-order valence-electron chi connectivity index (χ2n) is 1.38. The molecule has 0 spiro atoms. The maximum Gasteiger partial charge on any atom is 0.0194 e. The lowest BCUT2D eigenvalue weighted by Crippen LogP contribution is -2.09. The number of hydrogen-bond acceptors (Lipinski definition) is 1. The topological polar surface area (TPSA) is 26.0 Å². The van der Waals surface area contributed by atoms with Crippen molar-refractivity contribution in [3.05, 3.63) is 12.2 Å². The van der Waals surface area contributed by atoms with Crippen molar-refractivity contribution in [3.63, 3.8) is 0 Å². The first-order chi connectivity index (χ1) is 2.77. The molecule has 0 aromatic rings. The van der Waals surface area contributed by atoms with Gasteiger partial charge in [-0.15, -0.1) is 0 Å². The van der Waals surface area contributed by atoms with Crippen molar-refractivity contribution in [1.82, 2.24) is 0 Å². The van der Waals surface area contributed by atoms with Gasteiger partial charge in [-0.2, -0.15) is 0 Å². The monoisotopic (exact) mass is 85.1 g/mol. The highest BCUT2D eigenvalue weighted by Gasteiger charge is 1.75. The molecule has 1 heteroatoms. The van der Waals surface area contributed by atoms with E-state index in [-0.39, 0.29) is 6.04 Å². The Morgan fingerprint density at radius 1 is 1.67 bits per heavy atom. The predicted octanol–water partition coefficient (Wildman–Crippen LogP) is 0.910. The van der Waals surface area contributed by atoms with Crippen LogP contribution in [-0.4, -0.2) is 6.04 Å². The van der Waals surface area contributed by atoms with Gasteiger partial charge in [-0.25, -0.2) is 0 Å². The zero-order chi connectivity index (χ0) is 4.99. The fourth-order valence-electron chi connectivity index (χ4n) is 0.304. The highest BCUT2D eigenvalue weighted by atomic mass is 14.6. The van der Waals surface area contributed by atoms with E-state index in [4.69, 9.17) is 5.73 Å². The molecule has 0 heterocycles. The van der Waals surface area contributed by atoms with Crippen LogP contribution in [0, 0.1) is 0 Å². The molecule has 0 radical (unpaired) electrons. The van der Waals surface area contributed by atoms with E-state index in [1.807, 2.05) is 26.0 Å². The summed E-state index contributed by atoms with van der Waals surface area (Å²) in [5, 5.41) is 0. The molecule has 1 nitrogen and oxygen atoms in total. The van der Waals surface area contributed by atoms with E-state index < -0.39 is 0 Å². The lowest BCUT2D eigenvalue weighted by Gasteiger charge is -1.88. The molecular formula is C5H11N. The molecule has 0 aliphatic rings. The molecule has 0 rings (SSSR count). The first-order valence-electron chi connectivity index (χ1n) is 2.15. The summed E-state index contributed by atoms with van der Waals surface area (Å²) in [5.74, 6) is 0. The van der Waals surface area contributed by atoms with Crippen LogP contribution in [-0.2, 0) is 0 Å². The number of hydrogen-bond donors (Lipinski definition) is 1. The summed E-state index contributed by atoms with van der Waals surface area (Å²) in [6, 6.07) is 0.218. The molecule has 0 aliphatic heterocycles. The van der Waals surface area contributed by atoms with Crippen LogP contribution >= 0.6 is 0 Å². The highest BCUT2D eigenvalue weighted by molar-refractivity contribution is 4.84. The van der Waals surface area contributed by atoms with Crippen LogP contribution in [0.5, 0.6) is 0 Å². The number of nitrogens with two attached hydrogens (primary N) is 1. The largest absolute Gasteiger partial charge is 0.325 e. The molecule has 1 unspecified atom stereocenters. The van der Waals surface area contributed by atoms with Crippen molar-refractivity contribution < 1.29 is 0 Å². The minimum Gasteiger partial charge on any atom is -0.325 e. The Morgan fingerprint density at radius 3 is 2.17 bits per heavy atom. The lowest BCUT2D eigenvalue weighted by molar-refractivity contribution is 0.924. The fraction of sp³-hybridized carbons (Fsp3) is 0.600. The Kier molecular flexibility index (Phi) is 2.77. The van der Waals surface area contributed by atoms with Gasteiger partial charge < -0.3 is 5.73 Å². The van der Waals surface area contributed by atoms with E-state index in [1.54, 1.807) is 0 Å². The molecule has 0 bridgehead atoms. The summed E-state index contributed by atoms with van der Waals surface area (Å²) in [6.07, 6.45) is 3.89. The molecule has 6 heavy (non-hydrogen) atoms. The average Bonchev–Trinajstić information content (AvgIpc) is 1.35. The third kappa shape index (κ3) is 3.70. The maximum absolute atomic E-state index is 5.32. The van der Waals surface area contributed by atoms with Gasteiger partial charge in [0.15, 0.2) is 0 Å². The van der Waals surface area contributed by atoms with E-state index in [1.165, 1.54) is 0 Å². The maximum atomic E-state index is 5.32. The average molecular weight is 85.2 g/mol. The quantitative estimate of drug-likeness (QED) is 0.470. The second-order valence-corrected chi connectivity index (χ2v) is 1.38. The van der Waals surface area contributed by atoms with Crippen LogP contribution in [0.2, 0.25) is 0 Å². The summed E-state index contributed by atoms with van der Waals surface area (Å²) >= 11 is 0. The molecule has 0 amide bonds. The Bertz CT molecular complexity index is 45.9. The minimum absolute atomic E-state index is 0.218. The predicted molar refractivity (Wildman–Crippen MR) is 28.5 cm³/mol.